The van der Waals surface area contributed by atoms with Crippen LogP contribution in [0.4, 0.5) is 10.3 Å². The Morgan fingerprint density at radius 3 is 2.58 bits per heavy atom. The van der Waals surface area contributed by atoms with E-state index in [9.17, 15) is 12.8 Å². The Balaban J connectivity index is 1.50. The van der Waals surface area contributed by atoms with Gasteiger partial charge in [-0.3, -0.25) is 0 Å². The van der Waals surface area contributed by atoms with Gasteiger partial charge in [-0.15, -0.1) is 0 Å². The minimum absolute atomic E-state index is 0.0331. The van der Waals surface area contributed by atoms with Gasteiger partial charge < -0.3 is 5.32 Å². The molecule has 0 radical (unpaired) electrons. The number of anilines is 1. The summed E-state index contributed by atoms with van der Waals surface area (Å²) in [5.74, 6) is 0.483. The molecule has 2 bridgehead atoms. The molecule has 2 unspecified atom stereocenters. The third-order valence-electron chi connectivity index (χ3n) is 5.04. The molecule has 4 rings (SSSR count). The zero-order chi connectivity index (χ0) is 18.3. The molecule has 7 nitrogen and oxygen atoms in total. The highest BCUT2D eigenvalue weighted by molar-refractivity contribution is 7.88. The fourth-order valence-corrected chi connectivity index (χ4v) is 5.57. The van der Waals surface area contributed by atoms with E-state index in [1.54, 1.807) is 16.4 Å². The van der Waals surface area contributed by atoms with Crippen LogP contribution in [0.15, 0.2) is 30.6 Å². The molecule has 9 heteroatoms. The van der Waals surface area contributed by atoms with Crippen molar-refractivity contribution in [2.45, 2.75) is 43.8 Å². The first-order chi connectivity index (χ1) is 12.4. The van der Waals surface area contributed by atoms with Crippen LogP contribution < -0.4 is 5.32 Å². The summed E-state index contributed by atoms with van der Waals surface area (Å²) in [7, 11) is -3.18. The van der Waals surface area contributed by atoms with E-state index in [0.717, 1.165) is 25.7 Å². The maximum Gasteiger partial charge on any atom is 0.226 e. The van der Waals surface area contributed by atoms with Crippen LogP contribution in [-0.2, 0) is 10.0 Å². The van der Waals surface area contributed by atoms with Crippen molar-refractivity contribution in [3.8, 4) is 11.4 Å². The molecule has 2 aliphatic rings. The van der Waals surface area contributed by atoms with Gasteiger partial charge in [0.05, 0.1) is 6.26 Å². The second kappa shape index (κ2) is 6.55. The number of piperidine rings is 1. The molecule has 2 aliphatic heterocycles. The van der Waals surface area contributed by atoms with Gasteiger partial charge in [0, 0.05) is 23.7 Å². The Bertz CT molecular complexity index is 909. The number of rotatable bonds is 4. The second-order valence-corrected chi connectivity index (χ2v) is 8.82. The number of nitrogens with zero attached hydrogens (tertiary/aromatic N) is 4. The van der Waals surface area contributed by atoms with E-state index >= 15 is 0 Å². The highest BCUT2D eigenvalue weighted by Crippen LogP contribution is 2.38. The van der Waals surface area contributed by atoms with Gasteiger partial charge >= 0.3 is 0 Å². The van der Waals surface area contributed by atoms with E-state index in [-0.39, 0.29) is 23.9 Å². The first-order valence-electron chi connectivity index (χ1n) is 8.60. The number of aromatic nitrogens is 3. The molecule has 1 aromatic carbocycles. The van der Waals surface area contributed by atoms with Crippen LogP contribution in [0.5, 0.6) is 0 Å². The SMILES string of the molecule is CS(=O)(=O)N1C2CCC1CC(Nc1ncnc(-c3cccc(F)c3)n1)C2. The maximum absolute atomic E-state index is 13.4. The Morgan fingerprint density at radius 1 is 1.19 bits per heavy atom. The number of hydrogen-bond donors (Lipinski definition) is 1. The smallest absolute Gasteiger partial charge is 0.226 e. The van der Waals surface area contributed by atoms with Crippen molar-refractivity contribution in [1.29, 1.82) is 0 Å². The van der Waals surface area contributed by atoms with Crippen LogP contribution in [0.1, 0.15) is 25.7 Å². The molecule has 138 valence electrons. The second-order valence-electron chi connectivity index (χ2n) is 6.93. The van der Waals surface area contributed by atoms with Crippen LogP contribution in [0.2, 0.25) is 0 Å². The minimum Gasteiger partial charge on any atom is -0.351 e. The van der Waals surface area contributed by atoms with E-state index in [0.29, 0.717) is 17.3 Å². The van der Waals surface area contributed by atoms with Crippen molar-refractivity contribution < 1.29 is 12.8 Å². The largest absolute Gasteiger partial charge is 0.351 e. The lowest BCUT2D eigenvalue weighted by Crippen LogP contribution is -2.49. The maximum atomic E-state index is 13.4. The predicted octanol–water partition coefficient (Wildman–Crippen LogP) is 2.04. The Morgan fingerprint density at radius 2 is 1.92 bits per heavy atom. The molecule has 2 saturated heterocycles. The normalized spacial score (nSPS) is 26.0. The zero-order valence-corrected chi connectivity index (χ0v) is 15.2. The molecular weight excluding hydrogens is 357 g/mol. The predicted molar refractivity (Wildman–Crippen MR) is 95.4 cm³/mol. The summed E-state index contributed by atoms with van der Waals surface area (Å²) in [6.07, 6.45) is 5.91. The summed E-state index contributed by atoms with van der Waals surface area (Å²) in [5, 5.41) is 3.30. The van der Waals surface area contributed by atoms with Crippen molar-refractivity contribution in [3.63, 3.8) is 0 Å². The fourth-order valence-electron chi connectivity index (χ4n) is 4.11. The topological polar surface area (TPSA) is 88.1 Å². The minimum atomic E-state index is -3.18. The van der Waals surface area contributed by atoms with Gasteiger partial charge in [-0.1, -0.05) is 12.1 Å². The Hall–Kier alpha value is -2.13. The molecule has 0 spiro atoms. The van der Waals surface area contributed by atoms with E-state index in [2.05, 4.69) is 20.3 Å². The lowest BCUT2D eigenvalue weighted by molar-refractivity contribution is 0.236. The molecular formula is C17H20FN5O2S. The molecule has 2 fully saturated rings. The van der Waals surface area contributed by atoms with E-state index in [1.165, 1.54) is 24.7 Å². The fraction of sp³-hybridized carbons (Fsp3) is 0.471. The molecule has 26 heavy (non-hydrogen) atoms. The van der Waals surface area contributed by atoms with Crippen LogP contribution in [-0.4, -0.2) is 52.1 Å². The summed E-state index contributed by atoms with van der Waals surface area (Å²) in [6, 6.07) is 6.27. The molecule has 2 aromatic rings. The van der Waals surface area contributed by atoms with Gasteiger partial charge in [-0.2, -0.15) is 9.29 Å². The Labute approximate surface area is 151 Å². The average molecular weight is 377 g/mol. The molecule has 0 saturated carbocycles. The van der Waals surface area contributed by atoms with E-state index in [1.807, 2.05) is 0 Å². The van der Waals surface area contributed by atoms with Crippen LogP contribution in [0.3, 0.4) is 0 Å². The first kappa shape index (κ1) is 17.3. The van der Waals surface area contributed by atoms with E-state index < -0.39 is 10.0 Å². The summed E-state index contributed by atoms with van der Waals surface area (Å²) in [4.78, 5) is 12.7. The number of nitrogens with one attached hydrogen (secondary N) is 1. The van der Waals surface area contributed by atoms with Gasteiger partial charge in [0.2, 0.25) is 16.0 Å². The van der Waals surface area contributed by atoms with Crippen molar-refractivity contribution in [3.05, 3.63) is 36.4 Å². The summed E-state index contributed by atoms with van der Waals surface area (Å²) in [6.45, 7) is 0. The van der Waals surface area contributed by atoms with Gasteiger partial charge in [0.1, 0.15) is 12.1 Å². The van der Waals surface area contributed by atoms with Crippen molar-refractivity contribution in [1.82, 2.24) is 19.3 Å². The molecule has 1 aromatic heterocycles. The van der Waals surface area contributed by atoms with Gasteiger partial charge in [0.15, 0.2) is 5.82 Å². The highest BCUT2D eigenvalue weighted by Gasteiger charge is 2.45. The van der Waals surface area contributed by atoms with Crippen LogP contribution in [0.25, 0.3) is 11.4 Å². The summed E-state index contributed by atoms with van der Waals surface area (Å²) in [5.41, 5.74) is 0.586. The van der Waals surface area contributed by atoms with Crippen molar-refractivity contribution in [2.24, 2.45) is 0 Å². The van der Waals surface area contributed by atoms with Crippen LogP contribution >= 0.6 is 0 Å². The summed E-state index contributed by atoms with van der Waals surface area (Å²) >= 11 is 0. The number of sulfonamides is 1. The zero-order valence-electron chi connectivity index (χ0n) is 14.3. The lowest BCUT2D eigenvalue weighted by Gasteiger charge is -2.37. The van der Waals surface area contributed by atoms with E-state index in [4.69, 9.17) is 0 Å². The third kappa shape index (κ3) is 3.41. The van der Waals surface area contributed by atoms with Crippen LogP contribution in [0, 0.1) is 5.82 Å². The Kier molecular flexibility index (Phi) is 4.36. The standard InChI is InChI=1S/C17H20FN5O2S/c1-26(24,25)23-14-5-6-15(23)9-13(8-14)21-17-20-10-19-16(22-17)11-3-2-4-12(18)7-11/h2-4,7,10,13-15H,5-6,8-9H2,1H3,(H,19,20,21,22). The van der Waals surface area contributed by atoms with Gasteiger partial charge in [-0.25, -0.2) is 22.8 Å². The molecule has 0 aliphatic carbocycles. The van der Waals surface area contributed by atoms with Gasteiger partial charge in [-0.05, 0) is 37.8 Å². The number of fused-ring (bicyclic) bond motifs is 2. The quantitative estimate of drug-likeness (QED) is 0.877. The number of benzene rings is 1. The number of hydrogen-bond acceptors (Lipinski definition) is 6. The highest BCUT2D eigenvalue weighted by atomic mass is 32.2. The monoisotopic (exact) mass is 377 g/mol. The molecule has 3 heterocycles. The number of halogens is 1. The summed E-state index contributed by atoms with van der Waals surface area (Å²) < 4.78 is 39.0. The third-order valence-corrected chi connectivity index (χ3v) is 6.40. The average Bonchev–Trinajstić information content (AvgIpc) is 2.88. The first-order valence-corrected chi connectivity index (χ1v) is 10.4. The van der Waals surface area contributed by atoms with Crippen molar-refractivity contribution in [2.75, 3.05) is 11.6 Å². The molecule has 2 atom stereocenters. The van der Waals surface area contributed by atoms with Gasteiger partial charge in [0.25, 0.3) is 0 Å². The molecule has 1 N–H and O–H groups in total. The molecule has 0 amide bonds. The van der Waals surface area contributed by atoms with Crippen molar-refractivity contribution >= 4 is 16.0 Å². The lowest BCUT2D eigenvalue weighted by atomic mass is 10.00.